The van der Waals surface area contributed by atoms with Gasteiger partial charge in [0, 0.05) is 6.42 Å². The van der Waals surface area contributed by atoms with E-state index < -0.39 is 0 Å². The molecule has 0 spiro atoms. The van der Waals surface area contributed by atoms with Crippen molar-refractivity contribution in [3.8, 4) is 0 Å². The Hall–Kier alpha value is -0.900. The predicted molar refractivity (Wildman–Crippen MR) is 62.0 cm³/mol. The highest BCUT2D eigenvalue weighted by Gasteiger charge is 2.41. The maximum Gasteiger partial charge on any atom is 0.167 e. The van der Waals surface area contributed by atoms with E-state index in [-0.39, 0.29) is 0 Å². The molecule has 1 aromatic rings. The minimum atomic E-state index is 0.411. The first kappa shape index (κ1) is 10.3. The van der Waals surface area contributed by atoms with Crippen LogP contribution in [0.2, 0.25) is 0 Å². The van der Waals surface area contributed by atoms with Crippen LogP contribution in [0.4, 0.5) is 0 Å². The first-order chi connectivity index (χ1) is 7.88. The molecule has 4 heteroatoms. The molecular formula is C12H20N4. The molecule has 2 N–H and O–H groups in total. The molecule has 88 valence electrons. The van der Waals surface area contributed by atoms with Gasteiger partial charge in [-0.1, -0.05) is 13.3 Å². The molecule has 2 aliphatic rings. The summed E-state index contributed by atoms with van der Waals surface area (Å²) in [7, 11) is 0. The molecule has 2 fully saturated rings. The van der Waals surface area contributed by atoms with Gasteiger partial charge in [-0.2, -0.15) is 5.10 Å². The molecule has 0 amide bonds. The number of hydrogen-bond acceptors (Lipinski definition) is 3. The zero-order valence-corrected chi connectivity index (χ0v) is 9.87. The van der Waals surface area contributed by atoms with Crippen molar-refractivity contribution in [1.82, 2.24) is 20.5 Å². The molecule has 1 saturated heterocycles. The Labute approximate surface area is 96.2 Å². The van der Waals surface area contributed by atoms with E-state index in [0.29, 0.717) is 6.04 Å². The fraction of sp³-hybridized carbons (Fsp3) is 0.833. The van der Waals surface area contributed by atoms with Crippen molar-refractivity contribution in [1.29, 1.82) is 0 Å². The summed E-state index contributed by atoms with van der Waals surface area (Å²) >= 11 is 0. The molecule has 2 heterocycles. The Morgan fingerprint density at radius 1 is 1.38 bits per heavy atom. The van der Waals surface area contributed by atoms with Crippen LogP contribution < -0.4 is 5.32 Å². The van der Waals surface area contributed by atoms with Gasteiger partial charge in [0.2, 0.25) is 0 Å². The van der Waals surface area contributed by atoms with E-state index >= 15 is 0 Å². The average Bonchev–Trinajstić information content (AvgIpc) is 2.90. The summed E-state index contributed by atoms with van der Waals surface area (Å²) in [5, 5.41) is 11.0. The van der Waals surface area contributed by atoms with Crippen LogP contribution in [0.25, 0.3) is 0 Å². The van der Waals surface area contributed by atoms with Crippen LogP contribution in [0.3, 0.4) is 0 Å². The third-order valence-corrected chi connectivity index (χ3v) is 4.06. The van der Waals surface area contributed by atoms with Gasteiger partial charge in [-0.05, 0) is 37.6 Å². The number of hydrogen-bond donors (Lipinski definition) is 2. The molecule has 0 radical (unpaired) electrons. The Kier molecular flexibility index (Phi) is 2.67. The standard InChI is InChI=1S/C12H20N4/c1-2-4-10-14-12(16-15-10)11-9-6-3-5-8(9)7-13-11/h8-9,11,13H,2-7H2,1H3,(H,14,15,16). The van der Waals surface area contributed by atoms with Gasteiger partial charge >= 0.3 is 0 Å². The number of nitrogens with zero attached hydrogens (tertiary/aromatic N) is 2. The molecule has 4 nitrogen and oxygen atoms in total. The lowest BCUT2D eigenvalue weighted by atomic mass is 9.94. The van der Waals surface area contributed by atoms with Crippen molar-refractivity contribution in [2.45, 2.75) is 45.1 Å². The molecule has 1 saturated carbocycles. The van der Waals surface area contributed by atoms with E-state index in [1.807, 2.05) is 0 Å². The molecule has 3 unspecified atom stereocenters. The molecule has 16 heavy (non-hydrogen) atoms. The summed E-state index contributed by atoms with van der Waals surface area (Å²) in [5.74, 6) is 3.70. The first-order valence-corrected chi connectivity index (χ1v) is 6.53. The molecule has 0 bridgehead atoms. The maximum absolute atomic E-state index is 4.61. The molecule has 0 aromatic carbocycles. The van der Waals surface area contributed by atoms with Crippen LogP contribution in [0.15, 0.2) is 0 Å². The largest absolute Gasteiger partial charge is 0.307 e. The summed E-state index contributed by atoms with van der Waals surface area (Å²) in [6.07, 6.45) is 6.26. The minimum absolute atomic E-state index is 0.411. The molecule has 1 aliphatic carbocycles. The molecule has 3 rings (SSSR count). The highest BCUT2D eigenvalue weighted by molar-refractivity contribution is 5.05. The average molecular weight is 220 g/mol. The van der Waals surface area contributed by atoms with Gasteiger partial charge in [0.05, 0.1) is 6.04 Å². The summed E-state index contributed by atoms with van der Waals surface area (Å²) < 4.78 is 0. The second-order valence-corrected chi connectivity index (χ2v) is 5.13. The van der Waals surface area contributed by atoms with Crippen molar-refractivity contribution in [3.05, 3.63) is 11.6 Å². The second-order valence-electron chi connectivity index (χ2n) is 5.13. The lowest BCUT2D eigenvalue weighted by Crippen LogP contribution is -2.19. The van der Waals surface area contributed by atoms with Crippen LogP contribution in [-0.4, -0.2) is 21.7 Å². The van der Waals surface area contributed by atoms with Crippen molar-refractivity contribution in [2.24, 2.45) is 11.8 Å². The minimum Gasteiger partial charge on any atom is -0.307 e. The fourth-order valence-electron chi connectivity index (χ4n) is 3.27. The topological polar surface area (TPSA) is 53.6 Å². The van der Waals surface area contributed by atoms with Gasteiger partial charge in [-0.3, -0.25) is 5.10 Å². The molecular weight excluding hydrogens is 200 g/mol. The normalized spacial score (nSPS) is 33.2. The lowest BCUT2D eigenvalue weighted by Gasteiger charge is -2.14. The number of rotatable bonds is 3. The maximum atomic E-state index is 4.61. The number of fused-ring (bicyclic) bond motifs is 1. The van der Waals surface area contributed by atoms with Crippen LogP contribution in [0.1, 0.15) is 50.3 Å². The predicted octanol–water partition coefficient (Wildman–Crippen LogP) is 1.82. The van der Waals surface area contributed by atoms with Crippen LogP contribution >= 0.6 is 0 Å². The lowest BCUT2D eigenvalue weighted by molar-refractivity contribution is 0.408. The quantitative estimate of drug-likeness (QED) is 0.817. The fourth-order valence-corrected chi connectivity index (χ4v) is 3.27. The van der Waals surface area contributed by atoms with Crippen molar-refractivity contribution < 1.29 is 0 Å². The van der Waals surface area contributed by atoms with E-state index in [1.165, 1.54) is 19.3 Å². The summed E-state index contributed by atoms with van der Waals surface area (Å²) in [6.45, 7) is 3.33. The van der Waals surface area contributed by atoms with Crippen molar-refractivity contribution >= 4 is 0 Å². The molecule has 1 aliphatic heterocycles. The van der Waals surface area contributed by atoms with Gasteiger partial charge in [0.15, 0.2) is 5.82 Å². The van der Waals surface area contributed by atoms with Crippen LogP contribution in [0.5, 0.6) is 0 Å². The van der Waals surface area contributed by atoms with Crippen molar-refractivity contribution in [3.63, 3.8) is 0 Å². The van der Waals surface area contributed by atoms with Crippen molar-refractivity contribution in [2.75, 3.05) is 6.54 Å². The van der Waals surface area contributed by atoms with E-state index in [0.717, 1.165) is 42.9 Å². The van der Waals surface area contributed by atoms with E-state index in [1.54, 1.807) is 0 Å². The van der Waals surface area contributed by atoms with Gasteiger partial charge < -0.3 is 5.32 Å². The Balaban J connectivity index is 1.76. The van der Waals surface area contributed by atoms with Gasteiger partial charge in [0.1, 0.15) is 5.82 Å². The van der Waals surface area contributed by atoms with E-state index in [4.69, 9.17) is 0 Å². The zero-order chi connectivity index (χ0) is 11.0. The Bertz CT molecular complexity index is 360. The smallest absolute Gasteiger partial charge is 0.167 e. The summed E-state index contributed by atoms with van der Waals surface area (Å²) in [4.78, 5) is 4.61. The monoisotopic (exact) mass is 220 g/mol. The van der Waals surface area contributed by atoms with E-state index in [2.05, 4.69) is 27.4 Å². The molecule has 3 atom stereocenters. The summed E-state index contributed by atoms with van der Waals surface area (Å²) in [5.41, 5.74) is 0. The zero-order valence-electron chi connectivity index (χ0n) is 9.87. The highest BCUT2D eigenvalue weighted by atomic mass is 15.2. The summed E-state index contributed by atoms with van der Waals surface area (Å²) in [6, 6.07) is 0.411. The number of H-pyrrole nitrogens is 1. The Morgan fingerprint density at radius 3 is 3.19 bits per heavy atom. The number of aryl methyl sites for hydroxylation is 1. The van der Waals surface area contributed by atoms with Crippen LogP contribution in [0, 0.1) is 11.8 Å². The first-order valence-electron chi connectivity index (χ1n) is 6.53. The number of aromatic amines is 1. The van der Waals surface area contributed by atoms with Crippen LogP contribution in [-0.2, 0) is 6.42 Å². The molecule has 1 aromatic heterocycles. The SMILES string of the molecule is CCCc1nc(C2NCC3CCCC32)n[nH]1. The van der Waals surface area contributed by atoms with Gasteiger partial charge in [-0.25, -0.2) is 4.98 Å². The highest BCUT2D eigenvalue weighted by Crippen LogP contribution is 2.43. The Morgan fingerprint density at radius 2 is 2.31 bits per heavy atom. The van der Waals surface area contributed by atoms with E-state index in [9.17, 15) is 0 Å². The number of nitrogens with one attached hydrogen (secondary N) is 2. The van der Waals surface area contributed by atoms with Gasteiger partial charge in [-0.15, -0.1) is 0 Å². The second kappa shape index (κ2) is 4.17. The number of aromatic nitrogens is 3. The third-order valence-electron chi connectivity index (χ3n) is 4.06. The van der Waals surface area contributed by atoms with Gasteiger partial charge in [0.25, 0.3) is 0 Å². The third kappa shape index (κ3) is 1.65.